The summed E-state index contributed by atoms with van der Waals surface area (Å²) in [5, 5.41) is 20.2. The molecule has 1 aliphatic rings. The van der Waals surface area contributed by atoms with Crippen molar-refractivity contribution in [3.63, 3.8) is 0 Å². The number of carbonyl (C=O) groups excluding carboxylic acids is 1. The number of amides is 1. The summed E-state index contributed by atoms with van der Waals surface area (Å²) in [6, 6.07) is 3.52. The van der Waals surface area contributed by atoms with Gasteiger partial charge in [-0.15, -0.1) is 0 Å². The van der Waals surface area contributed by atoms with Gasteiger partial charge in [-0.2, -0.15) is 0 Å². The number of hydrogen-bond acceptors (Lipinski definition) is 4. The smallest absolute Gasteiger partial charge is 0.273 e. The van der Waals surface area contributed by atoms with Crippen LogP contribution >= 0.6 is 0 Å². The van der Waals surface area contributed by atoms with E-state index in [1.54, 1.807) is 4.90 Å². The molecule has 1 aliphatic heterocycles. The number of nitrogens with zero attached hydrogens (tertiary/aromatic N) is 2. The number of piperidine rings is 1. The Morgan fingerprint density at radius 3 is 2.58 bits per heavy atom. The lowest BCUT2D eigenvalue weighted by molar-refractivity contribution is -0.385. The molecule has 1 heterocycles. The van der Waals surface area contributed by atoms with Crippen LogP contribution in [0.25, 0.3) is 0 Å². The maximum Gasteiger partial charge on any atom is 0.273 e. The average molecular weight is 264 g/mol. The highest BCUT2D eigenvalue weighted by Crippen LogP contribution is 2.24. The maximum absolute atomic E-state index is 12.2. The van der Waals surface area contributed by atoms with Crippen LogP contribution in [-0.2, 0) is 0 Å². The number of likely N-dealkylation sites (tertiary alicyclic amines) is 1. The fourth-order valence-electron chi connectivity index (χ4n) is 2.22. The summed E-state index contributed by atoms with van der Waals surface area (Å²) in [5.74, 6) is 0.0800. The number of benzene rings is 1. The summed E-state index contributed by atoms with van der Waals surface area (Å²) in [4.78, 5) is 24.0. The highest BCUT2D eigenvalue weighted by atomic mass is 16.6. The molecule has 6 heteroatoms. The number of nitro groups is 1. The number of hydrogen-bond donors (Lipinski definition) is 1. The predicted octanol–water partition coefficient (Wildman–Crippen LogP) is 2.17. The topological polar surface area (TPSA) is 83.7 Å². The SMILES string of the molecule is CC1CCN(C(=O)c2cc(O)cc([N+](=O)[O-])c2)CC1. The van der Waals surface area contributed by atoms with Gasteiger partial charge in [-0.25, -0.2) is 0 Å². The largest absolute Gasteiger partial charge is 0.508 e. The van der Waals surface area contributed by atoms with Gasteiger partial charge >= 0.3 is 0 Å². The molecule has 0 saturated carbocycles. The second-order valence-electron chi connectivity index (χ2n) is 4.97. The Labute approximate surface area is 110 Å². The minimum atomic E-state index is -0.616. The number of carbonyl (C=O) groups is 1. The average Bonchev–Trinajstić information content (AvgIpc) is 2.38. The monoisotopic (exact) mass is 264 g/mol. The summed E-state index contributed by atoms with van der Waals surface area (Å²) in [7, 11) is 0. The Kier molecular flexibility index (Phi) is 3.69. The van der Waals surface area contributed by atoms with Crippen LogP contribution < -0.4 is 0 Å². The van der Waals surface area contributed by atoms with Gasteiger partial charge in [0.15, 0.2) is 0 Å². The van der Waals surface area contributed by atoms with E-state index in [0.29, 0.717) is 19.0 Å². The van der Waals surface area contributed by atoms with Crippen LogP contribution in [0.4, 0.5) is 5.69 Å². The van der Waals surface area contributed by atoms with Gasteiger partial charge in [-0.05, 0) is 24.8 Å². The Morgan fingerprint density at radius 1 is 1.37 bits per heavy atom. The molecule has 0 atom stereocenters. The lowest BCUT2D eigenvalue weighted by atomic mass is 9.98. The third-order valence-electron chi connectivity index (χ3n) is 3.43. The van der Waals surface area contributed by atoms with Gasteiger partial charge < -0.3 is 10.0 Å². The van der Waals surface area contributed by atoms with E-state index in [0.717, 1.165) is 18.9 Å². The Balaban J connectivity index is 2.21. The van der Waals surface area contributed by atoms with Crippen molar-refractivity contribution in [2.75, 3.05) is 13.1 Å². The molecular formula is C13H16N2O4. The number of nitro benzene ring substituents is 1. The summed E-state index contributed by atoms with van der Waals surface area (Å²) >= 11 is 0. The highest BCUT2D eigenvalue weighted by Gasteiger charge is 2.23. The van der Waals surface area contributed by atoms with Crippen LogP contribution in [0.1, 0.15) is 30.1 Å². The molecule has 1 amide bonds. The van der Waals surface area contributed by atoms with E-state index in [2.05, 4.69) is 6.92 Å². The molecule has 0 aliphatic carbocycles. The number of phenolic OH excluding ortho intramolecular Hbond substituents is 1. The fourth-order valence-corrected chi connectivity index (χ4v) is 2.22. The van der Waals surface area contributed by atoms with E-state index in [1.165, 1.54) is 12.1 Å². The van der Waals surface area contributed by atoms with Gasteiger partial charge in [-0.1, -0.05) is 6.92 Å². The summed E-state index contributed by atoms with van der Waals surface area (Å²) in [6.07, 6.45) is 1.87. The first kappa shape index (κ1) is 13.3. The zero-order chi connectivity index (χ0) is 14.0. The van der Waals surface area contributed by atoms with Crippen LogP contribution in [0.2, 0.25) is 0 Å². The maximum atomic E-state index is 12.2. The molecule has 0 unspecified atom stereocenters. The van der Waals surface area contributed by atoms with E-state index < -0.39 is 4.92 Å². The molecule has 19 heavy (non-hydrogen) atoms. The molecule has 0 bridgehead atoms. The zero-order valence-electron chi connectivity index (χ0n) is 10.7. The zero-order valence-corrected chi connectivity index (χ0v) is 10.7. The van der Waals surface area contributed by atoms with Crippen LogP contribution in [-0.4, -0.2) is 33.9 Å². The first-order valence-electron chi connectivity index (χ1n) is 6.25. The van der Waals surface area contributed by atoms with E-state index in [-0.39, 0.29) is 22.9 Å². The van der Waals surface area contributed by atoms with Gasteiger partial charge in [0.1, 0.15) is 5.75 Å². The lowest BCUT2D eigenvalue weighted by Gasteiger charge is -2.30. The Bertz CT molecular complexity index is 507. The van der Waals surface area contributed by atoms with Crippen LogP contribution in [0.15, 0.2) is 18.2 Å². The summed E-state index contributed by atoms with van der Waals surface area (Å²) in [6.45, 7) is 3.45. The summed E-state index contributed by atoms with van der Waals surface area (Å²) < 4.78 is 0. The Morgan fingerprint density at radius 2 is 2.00 bits per heavy atom. The third-order valence-corrected chi connectivity index (χ3v) is 3.43. The normalized spacial score (nSPS) is 16.4. The molecule has 1 aromatic carbocycles. The van der Waals surface area contributed by atoms with Crippen molar-refractivity contribution in [3.8, 4) is 5.75 Å². The predicted molar refractivity (Wildman–Crippen MR) is 69.1 cm³/mol. The second-order valence-corrected chi connectivity index (χ2v) is 4.97. The van der Waals surface area contributed by atoms with Crippen molar-refractivity contribution in [1.82, 2.24) is 4.90 Å². The van der Waals surface area contributed by atoms with Crippen molar-refractivity contribution >= 4 is 11.6 Å². The Hall–Kier alpha value is -2.11. The van der Waals surface area contributed by atoms with Gasteiger partial charge in [0.05, 0.1) is 16.6 Å². The van der Waals surface area contributed by atoms with Crippen LogP contribution in [0.5, 0.6) is 5.75 Å². The van der Waals surface area contributed by atoms with Crippen molar-refractivity contribution in [2.24, 2.45) is 5.92 Å². The molecule has 1 fully saturated rings. The van der Waals surface area contributed by atoms with Gasteiger partial charge in [0, 0.05) is 19.2 Å². The molecule has 0 aromatic heterocycles. The van der Waals surface area contributed by atoms with Crippen molar-refractivity contribution in [2.45, 2.75) is 19.8 Å². The van der Waals surface area contributed by atoms with Crippen LogP contribution in [0.3, 0.4) is 0 Å². The minimum Gasteiger partial charge on any atom is -0.508 e. The van der Waals surface area contributed by atoms with Gasteiger partial charge in [0.2, 0.25) is 0 Å². The fraction of sp³-hybridized carbons (Fsp3) is 0.462. The first-order valence-corrected chi connectivity index (χ1v) is 6.25. The molecule has 1 N–H and O–H groups in total. The number of aromatic hydroxyl groups is 1. The van der Waals surface area contributed by atoms with Gasteiger partial charge in [0.25, 0.3) is 11.6 Å². The van der Waals surface area contributed by atoms with Crippen LogP contribution in [0, 0.1) is 16.0 Å². The van der Waals surface area contributed by atoms with E-state index in [1.807, 2.05) is 0 Å². The molecule has 1 saturated heterocycles. The lowest BCUT2D eigenvalue weighted by Crippen LogP contribution is -2.37. The number of non-ortho nitro benzene ring substituents is 1. The molecule has 102 valence electrons. The molecule has 0 radical (unpaired) electrons. The standard InChI is InChI=1S/C13H16N2O4/c1-9-2-4-14(5-3-9)13(17)10-6-11(15(18)19)8-12(16)7-10/h6-9,16H,2-5H2,1H3. The van der Waals surface area contributed by atoms with Crippen molar-refractivity contribution in [3.05, 3.63) is 33.9 Å². The number of rotatable bonds is 2. The highest BCUT2D eigenvalue weighted by molar-refractivity contribution is 5.95. The van der Waals surface area contributed by atoms with E-state index in [9.17, 15) is 20.0 Å². The molecule has 2 rings (SSSR count). The molecule has 6 nitrogen and oxygen atoms in total. The third kappa shape index (κ3) is 3.01. The van der Waals surface area contributed by atoms with Gasteiger partial charge in [-0.3, -0.25) is 14.9 Å². The molecule has 1 aromatic rings. The second kappa shape index (κ2) is 5.26. The van der Waals surface area contributed by atoms with Crippen molar-refractivity contribution in [1.29, 1.82) is 0 Å². The summed E-state index contributed by atoms with van der Waals surface area (Å²) in [5.41, 5.74) is -0.102. The van der Waals surface area contributed by atoms with Crippen molar-refractivity contribution < 1.29 is 14.8 Å². The molecule has 0 spiro atoms. The van der Waals surface area contributed by atoms with E-state index in [4.69, 9.17) is 0 Å². The molecular weight excluding hydrogens is 248 g/mol. The minimum absolute atomic E-state index is 0.168. The first-order chi connectivity index (χ1) is 8.97. The van der Waals surface area contributed by atoms with E-state index >= 15 is 0 Å². The quantitative estimate of drug-likeness (QED) is 0.655. The number of phenols is 1.